The monoisotopic (exact) mass is 153 g/mol. The Hall–Kier alpha value is -0.760. The maximum atomic E-state index is 5.66. The van der Waals surface area contributed by atoms with Crippen LogP contribution in [0.15, 0.2) is 10.5 Å². The topological polar surface area (TPSA) is 39.2 Å². The molecule has 0 saturated heterocycles. The van der Waals surface area contributed by atoms with E-state index in [1.165, 1.54) is 5.56 Å². The molecule has 1 aromatic rings. The highest BCUT2D eigenvalue weighted by Crippen LogP contribution is 2.14. The third-order valence-electron chi connectivity index (χ3n) is 1.69. The van der Waals surface area contributed by atoms with Gasteiger partial charge in [0, 0.05) is 6.04 Å². The second-order valence-corrected chi connectivity index (χ2v) is 3.12. The van der Waals surface area contributed by atoms with Crippen molar-refractivity contribution >= 4 is 0 Å². The Morgan fingerprint density at radius 2 is 2.18 bits per heavy atom. The fraction of sp³-hybridized carbons (Fsp3) is 0.556. The lowest BCUT2D eigenvalue weighted by molar-refractivity contribution is 0.499. The van der Waals surface area contributed by atoms with Gasteiger partial charge in [0.25, 0.3) is 0 Å². The van der Waals surface area contributed by atoms with Gasteiger partial charge in [0.15, 0.2) is 0 Å². The molecule has 62 valence electrons. The molecule has 1 rings (SSSR count). The summed E-state index contributed by atoms with van der Waals surface area (Å²) in [5.74, 6) is 1.97. The zero-order valence-electron chi connectivity index (χ0n) is 7.35. The number of nitrogens with two attached hydrogens (primary N) is 1. The van der Waals surface area contributed by atoms with Crippen molar-refractivity contribution in [2.24, 2.45) is 5.73 Å². The van der Waals surface area contributed by atoms with Crippen LogP contribution in [0.25, 0.3) is 0 Å². The van der Waals surface area contributed by atoms with E-state index in [1.807, 2.05) is 20.8 Å². The number of aryl methyl sites for hydroxylation is 2. The highest BCUT2D eigenvalue weighted by atomic mass is 16.3. The summed E-state index contributed by atoms with van der Waals surface area (Å²) in [4.78, 5) is 0. The SMILES string of the molecule is Cc1cc(CC(C)N)c(C)o1. The van der Waals surface area contributed by atoms with Crippen LogP contribution in [0.2, 0.25) is 0 Å². The number of furan rings is 1. The van der Waals surface area contributed by atoms with Gasteiger partial charge in [0.05, 0.1) is 0 Å². The predicted octanol–water partition coefficient (Wildman–Crippen LogP) is 1.79. The van der Waals surface area contributed by atoms with E-state index in [-0.39, 0.29) is 6.04 Å². The molecule has 0 fully saturated rings. The van der Waals surface area contributed by atoms with Crippen molar-refractivity contribution in [3.05, 3.63) is 23.2 Å². The molecule has 0 aliphatic rings. The highest BCUT2D eigenvalue weighted by molar-refractivity contribution is 5.20. The smallest absolute Gasteiger partial charge is 0.104 e. The fourth-order valence-electron chi connectivity index (χ4n) is 1.23. The van der Waals surface area contributed by atoms with E-state index in [1.54, 1.807) is 0 Å². The van der Waals surface area contributed by atoms with Crippen LogP contribution < -0.4 is 5.73 Å². The zero-order valence-corrected chi connectivity index (χ0v) is 7.35. The minimum atomic E-state index is 0.214. The first-order valence-corrected chi connectivity index (χ1v) is 3.91. The van der Waals surface area contributed by atoms with E-state index in [2.05, 4.69) is 6.07 Å². The summed E-state index contributed by atoms with van der Waals surface area (Å²) in [6.07, 6.45) is 0.906. The molecular formula is C9H15NO. The average Bonchev–Trinajstić information content (AvgIpc) is 2.09. The summed E-state index contributed by atoms with van der Waals surface area (Å²) >= 11 is 0. The van der Waals surface area contributed by atoms with Gasteiger partial charge in [-0.05, 0) is 38.8 Å². The van der Waals surface area contributed by atoms with E-state index in [9.17, 15) is 0 Å². The minimum absolute atomic E-state index is 0.214. The third kappa shape index (κ3) is 2.09. The molecule has 0 amide bonds. The number of rotatable bonds is 2. The Bertz CT molecular complexity index is 238. The molecule has 0 aliphatic heterocycles. The lowest BCUT2D eigenvalue weighted by atomic mass is 10.1. The number of hydrogen-bond acceptors (Lipinski definition) is 2. The number of hydrogen-bond donors (Lipinski definition) is 1. The van der Waals surface area contributed by atoms with Crippen LogP contribution >= 0.6 is 0 Å². The van der Waals surface area contributed by atoms with Gasteiger partial charge < -0.3 is 10.2 Å². The van der Waals surface area contributed by atoms with Crippen LogP contribution in [0.5, 0.6) is 0 Å². The molecule has 2 N–H and O–H groups in total. The van der Waals surface area contributed by atoms with Crippen LogP contribution in [-0.4, -0.2) is 6.04 Å². The predicted molar refractivity (Wildman–Crippen MR) is 45.5 cm³/mol. The maximum absolute atomic E-state index is 5.66. The molecule has 1 heterocycles. The standard InChI is InChI=1S/C9H15NO/c1-6(10)4-9-5-7(2)11-8(9)3/h5-6H,4,10H2,1-3H3. The molecule has 0 aromatic carbocycles. The van der Waals surface area contributed by atoms with Gasteiger partial charge in [-0.25, -0.2) is 0 Å². The molecule has 0 saturated carbocycles. The molecule has 1 aromatic heterocycles. The van der Waals surface area contributed by atoms with Crippen molar-refractivity contribution in [1.82, 2.24) is 0 Å². The summed E-state index contributed by atoms with van der Waals surface area (Å²) < 4.78 is 5.36. The van der Waals surface area contributed by atoms with Crippen molar-refractivity contribution in [2.45, 2.75) is 33.2 Å². The summed E-state index contributed by atoms with van der Waals surface area (Å²) in [6, 6.07) is 2.27. The fourth-order valence-corrected chi connectivity index (χ4v) is 1.23. The molecule has 2 heteroatoms. The van der Waals surface area contributed by atoms with Gasteiger partial charge in [0.2, 0.25) is 0 Å². The van der Waals surface area contributed by atoms with Crippen LogP contribution in [-0.2, 0) is 6.42 Å². The van der Waals surface area contributed by atoms with Gasteiger partial charge in [0.1, 0.15) is 11.5 Å². The van der Waals surface area contributed by atoms with Crippen LogP contribution in [0.4, 0.5) is 0 Å². The summed E-state index contributed by atoms with van der Waals surface area (Å²) in [6.45, 7) is 5.93. The van der Waals surface area contributed by atoms with Crippen molar-refractivity contribution in [3.8, 4) is 0 Å². The first kappa shape index (κ1) is 8.34. The molecule has 0 bridgehead atoms. The Kier molecular flexibility index (Phi) is 2.35. The van der Waals surface area contributed by atoms with Gasteiger partial charge in [-0.1, -0.05) is 0 Å². The van der Waals surface area contributed by atoms with Gasteiger partial charge in [-0.2, -0.15) is 0 Å². The first-order chi connectivity index (χ1) is 5.09. The average molecular weight is 153 g/mol. The first-order valence-electron chi connectivity index (χ1n) is 3.91. The van der Waals surface area contributed by atoms with E-state index in [0.717, 1.165) is 17.9 Å². The van der Waals surface area contributed by atoms with Crippen LogP contribution in [0.3, 0.4) is 0 Å². The second kappa shape index (κ2) is 3.09. The molecular weight excluding hydrogens is 138 g/mol. The Balaban J connectivity index is 2.77. The summed E-state index contributed by atoms with van der Waals surface area (Å²) in [7, 11) is 0. The van der Waals surface area contributed by atoms with E-state index >= 15 is 0 Å². The summed E-state index contributed by atoms with van der Waals surface area (Å²) in [5, 5.41) is 0. The van der Waals surface area contributed by atoms with Gasteiger partial charge >= 0.3 is 0 Å². The van der Waals surface area contributed by atoms with Gasteiger partial charge in [-0.15, -0.1) is 0 Å². The lowest BCUT2D eigenvalue weighted by Gasteiger charge is -2.01. The molecule has 1 atom stereocenters. The van der Waals surface area contributed by atoms with Crippen LogP contribution in [0.1, 0.15) is 24.0 Å². The third-order valence-corrected chi connectivity index (χ3v) is 1.69. The van der Waals surface area contributed by atoms with Crippen molar-refractivity contribution in [3.63, 3.8) is 0 Å². The molecule has 0 spiro atoms. The highest BCUT2D eigenvalue weighted by Gasteiger charge is 2.05. The quantitative estimate of drug-likeness (QED) is 0.703. The van der Waals surface area contributed by atoms with E-state index < -0.39 is 0 Å². The molecule has 0 aliphatic carbocycles. The van der Waals surface area contributed by atoms with Crippen LogP contribution in [0, 0.1) is 13.8 Å². The molecule has 11 heavy (non-hydrogen) atoms. The maximum Gasteiger partial charge on any atom is 0.104 e. The van der Waals surface area contributed by atoms with Crippen molar-refractivity contribution in [2.75, 3.05) is 0 Å². The molecule has 0 radical (unpaired) electrons. The Morgan fingerprint density at radius 1 is 1.55 bits per heavy atom. The Labute approximate surface area is 67.4 Å². The molecule has 2 nitrogen and oxygen atoms in total. The van der Waals surface area contributed by atoms with Gasteiger partial charge in [-0.3, -0.25) is 0 Å². The van der Waals surface area contributed by atoms with E-state index in [4.69, 9.17) is 10.2 Å². The normalized spacial score (nSPS) is 13.5. The summed E-state index contributed by atoms with van der Waals surface area (Å²) in [5.41, 5.74) is 6.89. The largest absolute Gasteiger partial charge is 0.466 e. The Morgan fingerprint density at radius 3 is 2.55 bits per heavy atom. The lowest BCUT2D eigenvalue weighted by Crippen LogP contribution is -2.17. The molecule has 1 unspecified atom stereocenters. The second-order valence-electron chi connectivity index (χ2n) is 3.12. The van der Waals surface area contributed by atoms with Crippen molar-refractivity contribution < 1.29 is 4.42 Å². The van der Waals surface area contributed by atoms with E-state index in [0.29, 0.717) is 0 Å². The minimum Gasteiger partial charge on any atom is -0.466 e. The van der Waals surface area contributed by atoms with Crippen molar-refractivity contribution in [1.29, 1.82) is 0 Å². The zero-order chi connectivity index (χ0) is 8.43.